The van der Waals surface area contributed by atoms with Crippen LogP contribution >= 0.6 is 92.2 Å². The van der Waals surface area contributed by atoms with Crippen molar-refractivity contribution in [2.24, 2.45) is 0 Å². The molecule has 0 nitrogen and oxygen atoms in total. The number of fused-ring (bicyclic) bond motifs is 2. The van der Waals surface area contributed by atoms with Crippen LogP contribution in [0.4, 0.5) is 0 Å². The first-order valence-corrected chi connectivity index (χ1v) is 13.5. The van der Waals surface area contributed by atoms with Gasteiger partial charge in [-0.05, 0) is 113 Å². The first-order chi connectivity index (χ1) is 12.7. The molecule has 3 aromatic rings. The van der Waals surface area contributed by atoms with E-state index in [-0.39, 0.29) is 0 Å². The molecule has 3 aromatic carbocycles. The van der Waals surface area contributed by atoms with Gasteiger partial charge in [-0.2, -0.15) is 0 Å². The Morgan fingerprint density at radius 3 is 1.27 bits per heavy atom. The van der Waals surface area contributed by atoms with Crippen LogP contribution in [0.5, 0.6) is 0 Å². The molecule has 0 bridgehead atoms. The zero-order valence-corrected chi connectivity index (χ0v) is 20.7. The van der Waals surface area contributed by atoms with Crippen LogP contribution in [0.25, 0.3) is 30.0 Å². The molecule has 26 heavy (non-hydrogen) atoms. The molecule has 2 aliphatic heterocycles. The smallest absolute Gasteiger partial charge is 0.0571 e. The van der Waals surface area contributed by atoms with Gasteiger partial charge in [-0.3, -0.25) is 0 Å². The van der Waals surface area contributed by atoms with Crippen molar-refractivity contribution >= 4 is 122 Å². The lowest BCUT2D eigenvalue weighted by atomic mass is 9.99. The van der Waals surface area contributed by atoms with Crippen molar-refractivity contribution in [2.75, 3.05) is 0 Å². The first kappa shape index (κ1) is 18.3. The van der Waals surface area contributed by atoms with Crippen LogP contribution in [-0.4, -0.2) is 0 Å². The number of hydrogen-bond donors (Lipinski definition) is 0. The zero-order chi connectivity index (χ0) is 17.7. The maximum absolute atomic E-state index is 2.43. The van der Waals surface area contributed by atoms with Crippen molar-refractivity contribution in [3.05, 3.63) is 75.6 Å². The van der Waals surface area contributed by atoms with Crippen molar-refractivity contribution in [3.8, 4) is 0 Å². The molecule has 5 rings (SSSR count). The van der Waals surface area contributed by atoms with E-state index in [4.69, 9.17) is 0 Å². The molecule has 0 radical (unpaired) electrons. The Morgan fingerprint density at radius 1 is 0.500 bits per heavy atom. The molecule has 0 spiro atoms. The molecule has 0 atom stereocenters. The van der Waals surface area contributed by atoms with E-state index in [1.54, 1.807) is 0 Å². The summed E-state index contributed by atoms with van der Waals surface area (Å²) in [6.45, 7) is 0. The van der Waals surface area contributed by atoms with E-state index in [2.05, 4.69) is 103 Å². The Bertz CT molecular complexity index is 1140. The van der Waals surface area contributed by atoms with Crippen LogP contribution in [0.15, 0.2) is 58.0 Å². The molecule has 0 aliphatic carbocycles. The lowest BCUT2D eigenvalue weighted by Crippen LogP contribution is -2.17. The SMILES string of the molecule is Ic1ccc2c(=C3SC=CS3)c3cc(I)ccc3c(=C3SC=CS3)c2c1. The van der Waals surface area contributed by atoms with Gasteiger partial charge in [-0.25, -0.2) is 0 Å². The van der Waals surface area contributed by atoms with Gasteiger partial charge in [-0.1, -0.05) is 59.2 Å². The van der Waals surface area contributed by atoms with Gasteiger partial charge in [0.15, 0.2) is 0 Å². The van der Waals surface area contributed by atoms with Gasteiger partial charge in [0.25, 0.3) is 0 Å². The van der Waals surface area contributed by atoms with Crippen LogP contribution in [0.2, 0.25) is 0 Å². The fraction of sp³-hybridized carbons (Fsp3) is 0. The van der Waals surface area contributed by atoms with Crippen molar-refractivity contribution in [2.45, 2.75) is 0 Å². The summed E-state index contributed by atoms with van der Waals surface area (Å²) >= 11 is 12.2. The Hall–Kier alpha value is 0.260. The standard InChI is InChI=1S/C20H10I2S4/c21-11-1-3-13-15(9-11)18(20-25-7-8-26-20)14-4-2-12(22)10-16(14)17(13)19-23-5-6-24-19/h1-10H. The highest BCUT2D eigenvalue weighted by Crippen LogP contribution is 2.41. The molecule has 2 heterocycles. The Morgan fingerprint density at radius 2 is 0.885 bits per heavy atom. The van der Waals surface area contributed by atoms with Crippen LogP contribution in [0, 0.1) is 7.14 Å². The molecular formula is C20H10I2S4. The van der Waals surface area contributed by atoms with E-state index in [1.807, 2.05) is 47.0 Å². The molecule has 0 unspecified atom stereocenters. The highest BCUT2D eigenvalue weighted by molar-refractivity contribution is 14.1. The minimum atomic E-state index is 1.28. The minimum absolute atomic E-state index is 1.28. The summed E-state index contributed by atoms with van der Waals surface area (Å²) in [5.41, 5.74) is 0. The highest BCUT2D eigenvalue weighted by atomic mass is 127. The van der Waals surface area contributed by atoms with Crippen LogP contribution < -0.4 is 10.4 Å². The first-order valence-electron chi connectivity index (χ1n) is 7.78. The van der Waals surface area contributed by atoms with Gasteiger partial charge in [0.1, 0.15) is 0 Å². The third-order valence-corrected chi connectivity index (χ3v) is 9.86. The van der Waals surface area contributed by atoms with E-state index in [0.29, 0.717) is 0 Å². The topological polar surface area (TPSA) is 0 Å². The molecule has 0 saturated heterocycles. The van der Waals surface area contributed by atoms with E-state index in [0.717, 1.165) is 0 Å². The third-order valence-electron chi connectivity index (χ3n) is 4.26. The van der Waals surface area contributed by atoms with Gasteiger partial charge >= 0.3 is 0 Å². The summed E-state index contributed by atoms with van der Waals surface area (Å²) in [7, 11) is 0. The van der Waals surface area contributed by atoms with E-state index in [9.17, 15) is 0 Å². The monoisotopic (exact) mass is 632 g/mol. The average Bonchev–Trinajstić information content (AvgIpc) is 3.33. The molecular weight excluding hydrogens is 622 g/mol. The fourth-order valence-electron chi connectivity index (χ4n) is 3.26. The molecule has 6 heteroatoms. The van der Waals surface area contributed by atoms with E-state index < -0.39 is 0 Å². The number of rotatable bonds is 0. The summed E-state index contributed by atoms with van der Waals surface area (Å²) in [6.07, 6.45) is 0. The molecule has 0 amide bonds. The lowest BCUT2D eigenvalue weighted by Gasteiger charge is -2.12. The number of thioether (sulfide) groups is 4. The second-order valence-corrected chi connectivity index (χ2v) is 12.4. The molecule has 2 aliphatic rings. The van der Waals surface area contributed by atoms with Crippen LogP contribution in [0.1, 0.15) is 0 Å². The van der Waals surface area contributed by atoms with Gasteiger partial charge in [0, 0.05) is 17.6 Å². The lowest BCUT2D eigenvalue weighted by molar-refractivity contribution is 1.64. The molecule has 0 saturated carbocycles. The number of halogens is 2. The highest BCUT2D eigenvalue weighted by Gasteiger charge is 2.15. The Kier molecular flexibility index (Phi) is 5.34. The maximum atomic E-state index is 2.43. The van der Waals surface area contributed by atoms with E-state index >= 15 is 0 Å². The minimum Gasteiger partial charge on any atom is -0.0895 e. The van der Waals surface area contributed by atoms with Crippen molar-refractivity contribution in [1.82, 2.24) is 0 Å². The normalized spacial score (nSPS) is 16.5. The molecule has 0 N–H and O–H groups in total. The van der Waals surface area contributed by atoms with Crippen molar-refractivity contribution in [1.29, 1.82) is 0 Å². The van der Waals surface area contributed by atoms with E-state index in [1.165, 1.54) is 47.6 Å². The van der Waals surface area contributed by atoms with Gasteiger partial charge in [0.2, 0.25) is 0 Å². The molecule has 0 aromatic heterocycles. The Balaban J connectivity index is 2.12. The second kappa shape index (κ2) is 7.59. The summed E-state index contributed by atoms with van der Waals surface area (Å²) in [5, 5.41) is 17.0. The second-order valence-electron chi connectivity index (χ2n) is 5.72. The average molecular weight is 632 g/mol. The summed E-state index contributed by atoms with van der Waals surface area (Å²) in [6, 6.07) is 13.8. The summed E-state index contributed by atoms with van der Waals surface area (Å²) in [5.74, 6) is 0. The Labute approximate surface area is 195 Å². The fourth-order valence-corrected chi connectivity index (χ4v) is 8.09. The summed E-state index contributed by atoms with van der Waals surface area (Å²) < 4.78 is 5.32. The van der Waals surface area contributed by atoms with Crippen molar-refractivity contribution < 1.29 is 0 Å². The largest absolute Gasteiger partial charge is 0.0895 e. The van der Waals surface area contributed by atoms with Crippen molar-refractivity contribution in [3.63, 3.8) is 0 Å². The quantitative estimate of drug-likeness (QED) is 0.189. The maximum Gasteiger partial charge on any atom is 0.0571 e. The zero-order valence-electron chi connectivity index (χ0n) is 13.2. The van der Waals surface area contributed by atoms with Gasteiger partial charge in [-0.15, -0.1) is 0 Å². The van der Waals surface area contributed by atoms with Gasteiger partial charge < -0.3 is 0 Å². The molecule has 128 valence electrons. The number of hydrogen-bond acceptors (Lipinski definition) is 4. The predicted octanol–water partition coefficient (Wildman–Crippen LogP) is 7.24. The van der Waals surface area contributed by atoms with Gasteiger partial charge in [0.05, 0.1) is 8.47 Å². The van der Waals surface area contributed by atoms with Crippen LogP contribution in [0.3, 0.4) is 0 Å². The predicted molar refractivity (Wildman–Crippen MR) is 142 cm³/mol. The molecule has 0 fully saturated rings. The summed E-state index contributed by atoms with van der Waals surface area (Å²) in [4.78, 5) is 0. The number of benzene rings is 3. The van der Waals surface area contributed by atoms with Crippen LogP contribution in [-0.2, 0) is 0 Å². The third kappa shape index (κ3) is 3.18.